The fourth-order valence-corrected chi connectivity index (χ4v) is 5.20. The van der Waals surface area contributed by atoms with Gasteiger partial charge in [0.05, 0.1) is 37.9 Å². The number of hydrogen-bond donors (Lipinski definition) is 0. The van der Waals surface area contributed by atoms with Gasteiger partial charge in [0.1, 0.15) is 28.5 Å². The largest absolute Gasteiger partial charge is 0.494 e. The third-order valence-electron chi connectivity index (χ3n) is 6.83. The lowest BCUT2D eigenvalue weighted by atomic mass is 10.1. The Balaban J connectivity index is 1.61. The van der Waals surface area contributed by atoms with Crippen LogP contribution in [0.25, 0.3) is 11.0 Å². The summed E-state index contributed by atoms with van der Waals surface area (Å²) in [5.74, 6) is 0.338. The molecule has 0 saturated carbocycles. The molecule has 194 valence electrons. The van der Waals surface area contributed by atoms with E-state index in [-0.39, 0.29) is 18.2 Å². The first-order valence-electron chi connectivity index (χ1n) is 11.7. The zero-order valence-electron chi connectivity index (χ0n) is 20.3. The highest BCUT2D eigenvalue weighted by Gasteiger charge is 2.35. The van der Waals surface area contributed by atoms with Crippen molar-refractivity contribution in [3.05, 3.63) is 88.1 Å². The molecule has 1 aliphatic rings. The van der Waals surface area contributed by atoms with E-state index in [1.54, 1.807) is 34.9 Å². The minimum absolute atomic E-state index is 0.0220. The number of alkyl halides is 3. The van der Waals surface area contributed by atoms with Gasteiger partial charge in [-0.05, 0) is 42.3 Å². The van der Waals surface area contributed by atoms with Gasteiger partial charge in [-0.15, -0.1) is 0 Å². The van der Waals surface area contributed by atoms with Crippen LogP contribution in [-0.4, -0.2) is 36.4 Å². The normalized spacial score (nSPS) is 15.9. The molecule has 5 rings (SSSR count). The van der Waals surface area contributed by atoms with E-state index < -0.39 is 23.2 Å². The summed E-state index contributed by atoms with van der Waals surface area (Å²) >= 11 is 0. The van der Waals surface area contributed by atoms with Crippen molar-refractivity contribution >= 4 is 16.7 Å². The van der Waals surface area contributed by atoms with Gasteiger partial charge in [-0.1, -0.05) is 30.3 Å². The van der Waals surface area contributed by atoms with Gasteiger partial charge >= 0.3 is 11.9 Å². The molecule has 1 aromatic heterocycles. The van der Waals surface area contributed by atoms with E-state index in [1.165, 1.54) is 43.1 Å². The molecule has 0 N–H and O–H groups in total. The quantitative estimate of drug-likeness (QED) is 0.319. The van der Waals surface area contributed by atoms with Crippen molar-refractivity contribution in [2.45, 2.75) is 25.2 Å². The van der Waals surface area contributed by atoms with Crippen LogP contribution in [0.15, 0.2) is 65.5 Å². The molecule has 37 heavy (non-hydrogen) atoms. The number of hydrogen-bond acceptors (Lipinski definition) is 4. The van der Waals surface area contributed by atoms with E-state index in [0.29, 0.717) is 47.7 Å². The molecule has 3 aromatic carbocycles. The molecule has 2 heterocycles. The SMILES string of the molecule is COc1cccc(F)c1N1CC[C@@H](n2c(=O)n(Cc3ccccc3C(F)(F)F)c3c(OC)cccc32)C1. The van der Waals surface area contributed by atoms with Crippen LogP contribution in [0.5, 0.6) is 11.5 Å². The maximum absolute atomic E-state index is 14.7. The van der Waals surface area contributed by atoms with Crippen LogP contribution in [0, 0.1) is 5.82 Å². The summed E-state index contributed by atoms with van der Waals surface area (Å²) in [6.45, 7) is 0.518. The van der Waals surface area contributed by atoms with Gasteiger partial charge in [0.25, 0.3) is 0 Å². The molecule has 1 fully saturated rings. The summed E-state index contributed by atoms with van der Waals surface area (Å²) in [6, 6.07) is 14.6. The van der Waals surface area contributed by atoms with Gasteiger partial charge in [-0.2, -0.15) is 13.2 Å². The lowest BCUT2D eigenvalue weighted by molar-refractivity contribution is -0.138. The van der Waals surface area contributed by atoms with Gasteiger partial charge < -0.3 is 14.4 Å². The first kappa shape index (κ1) is 24.7. The van der Waals surface area contributed by atoms with Crippen molar-refractivity contribution in [1.82, 2.24) is 9.13 Å². The predicted molar refractivity (Wildman–Crippen MR) is 132 cm³/mol. The highest BCUT2D eigenvalue weighted by molar-refractivity contribution is 5.83. The molecule has 1 saturated heterocycles. The highest BCUT2D eigenvalue weighted by atomic mass is 19.4. The van der Waals surface area contributed by atoms with E-state index in [4.69, 9.17) is 9.47 Å². The van der Waals surface area contributed by atoms with Gasteiger partial charge in [0, 0.05) is 13.1 Å². The van der Waals surface area contributed by atoms with Crippen LogP contribution < -0.4 is 20.1 Å². The third kappa shape index (κ3) is 4.30. The highest BCUT2D eigenvalue weighted by Crippen LogP contribution is 2.38. The second kappa shape index (κ2) is 9.49. The summed E-state index contributed by atoms with van der Waals surface area (Å²) in [5, 5.41) is 0. The number of fused-ring (bicyclic) bond motifs is 1. The molecule has 6 nitrogen and oxygen atoms in total. The minimum Gasteiger partial charge on any atom is -0.494 e. The average molecular weight is 516 g/mol. The molecule has 10 heteroatoms. The summed E-state index contributed by atoms with van der Waals surface area (Å²) in [4.78, 5) is 15.6. The van der Waals surface area contributed by atoms with E-state index in [2.05, 4.69) is 0 Å². The first-order chi connectivity index (χ1) is 17.7. The van der Waals surface area contributed by atoms with E-state index in [1.807, 2.05) is 4.90 Å². The van der Waals surface area contributed by atoms with Crippen LogP contribution in [0.2, 0.25) is 0 Å². The number of benzene rings is 3. The second-order valence-electron chi connectivity index (χ2n) is 8.90. The molecular weight excluding hydrogens is 490 g/mol. The Hall–Kier alpha value is -3.95. The fraction of sp³-hybridized carbons (Fsp3) is 0.296. The summed E-state index contributed by atoms with van der Waals surface area (Å²) in [5.41, 5.74) is 0.00229. The smallest absolute Gasteiger partial charge is 0.416 e. The number of methoxy groups -OCH3 is 2. The Kier molecular flexibility index (Phi) is 6.35. The first-order valence-corrected chi connectivity index (χ1v) is 11.7. The molecule has 0 aliphatic carbocycles. The van der Waals surface area contributed by atoms with Gasteiger partial charge in [0.15, 0.2) is 0 Å². The predicted octanol–water partition coefficient (Wildman–Crippen LogP) is 5.48. The molecule has 4 aromatic rings. The zero-order chi connectivity index (χ0) is 26.3. The minimum atomic E-state index is -4.56. The topological polar surface area (TPSA) is 48.6 Å². The number of rotatable bonds is 6. The zero-order valence-corrected chi connectivity index (χ0v) is 20.3. The van der Waals surface area contributed by atoms with E-state index >= 15 is 0 Å². The number of ether oxygens (including phenoxy) is 2. The Bertz CT molecular complexity index is 1510. The number of anilines is 1. The van der Waals surface area contributed by atoms with Crippen LogP contribution in [-0.2, 0) is 12.7 Å². The van der Waals surface area contributed by atoms with Crippen LogP contribution in [0.3, 0.4) is 0 Å². The number of para-hydroxylation sites is 2. The fourth-order valence-electron chi connectivity index (χ4n) is 5.20. The van der Waals surface area contributed by atoms with E-state index in [0.717, 1.165) is 6.07 Å². The molecule has 0 amide bonds. The lowest BCUT2D eigenvalue weighted by Crippen LogP contribution is -2.30. The lowest BCUT2D eigenvalue weighted by Gasteiger charge is -2.22. The summed E-state index contributed by atoms with van der Waals surface area (Å²) in [7, 11) is 2.92. The molecule has 0 unspecified atom stereocenters. The Morgan fingerprint density at radius 2 is 1.65 bits per heavy atom. The molecular formula is C27H25F4N3O3. The molecule has 1 atom stereocenters. The molecule has 0 bridgehead atoms. The average Bonchev–Trinajstić information content (AvgIpc) is 3.45. The molecule has 0 radical (unpaired) electrons. The van der Waals surface area contributed by atoms with Crippen molar-refractivity contribution in [2.24, 2.45) is 0 Å². The Morgan fingerprint density at radius 3 is 2.38 bits per heavy atom. The van der Waals surface area contributed by atoms with Crippen molar-refractivity contribution < 1.29 is 27.0 Å². The number of aromatic nitrogens is 2. The van der Waals surface area contributed by atoms with Crippen LogP contribution >= 0.6 is 0 Å². The van der Waals surface area contributed by atoms with Crippen molar-refractivity contribution in [3.63, 3.8) is 0 Å². The summed E-state index contributed by atoms with van der Waals surface area (Å²) in [6.07, 6.45) is -4.03. The van der Waals surface area contributed by atoms with Crippen molar-refractivity contribution in [2.75, 3.05) is 32.2 Å². The van der Waals surface area contributed by atoms with Gasteiger partial charge in [0.2, 0.25) is 0 Å². The number of nitrogens with zero attached hydrogens (tertiary/aromatic N) is 3. The van der Waals surface area contributed by atoms with Crippen molar-refractivity contribution in [1.29, 1.82) is 0 Å². The second-order valence-corrected chi connectivity index (χ2v) is 8.90. The maximum Gasteiger partial charge on any atom is 0.416 e. The Morgan fingerprint density at radius 1 is 0.946 bits per heavy atom. The molecule has 0 spiro atoms. The monoisotopic (exact) mass is 515 g/mol. The number of halogens is 4. The third-order valence-corrected chi connectivity index (χ3v) is 6.83. The summed E-state index contributed by atoms with van der Waals surface area (Å²) < 4.78 is 69.6. The van der Waals surface area contributed by atoms with Crippen LogP contribution in [0.4, 0.5) is 23.2 Å². The number of imidazole rings is 1. The Labute approximate surface area is 210 Å². The van der Waals surface area contributed by atoms with Gasteiger partial charge in [-0.25, -0.2) is 9.18 Å². The van der Waals surface area contributed by atoms with E-state index in [9.17, 15) is 22.4 Å². The van der Waals surface area contributed by atoms with Gasteiger partial charge in [-0.3, -0.25) is 9.13 Å². The maximum atomic E-state index is 14.7. The van der Waals surface area contributed by atoms with Crippen LogP contribution in [0.1, 0.15) is 23.6 Å². The molecule has 1 aliphatic heterocycles. The van der Waals surface area contributed by atoms with Crippen molar-refractivity contribution in [3.8, 4) is 11.5 Å². The standard InChI is InChI=1S/C27H25F4N3O3/c1-36-22-11-5-9-20(28)24(22)32-14-13-18(16-32)34-21-10-6-12-23(37-2)25(21)33(26(34)35)15-17-7-3-4-8-19(17)27(29,30)31/h3-12,18H,13-16H2,1-2H3/t18-/m1/s1.